The van der Waals surface area contributed by atoms with Crippen molar-refractivity contribution in [3.63, 3.8) is 0 Å². The number of nitrogens with zero attached hydrogens (tertiary/aromatic N) is 1. The summed E-state index contributed by atoms with van der Waals surface area (Å²) in [6.45, 7) is 8.81. The molecule has 3 amide bonds. The number of esters is 1. The van der Waals surface area contributed by atoms with Crippen LogP contribution in [0.4, 0.5) is 4.79 Å². The Balaban J connectivity index is 1.79. The Bertz CT molecular complexity index is 1090. The third kappa shape index (κ3) is 3.94. The van der Waals surface area contributed by atoms with E-state index in [1.807, 2.05) is 13.0 Å². The maximum atomic E-state index is 12.4. The molecule has 0 radical (unpaired) electrons. The molecule has 160 valence electrons. The minimum absolute atomic E-state index is 0.170. The Kier molecular flexibility index (Phi) is 5.70. The standard InChI is InChI=1S/C22H26N2O6/c1-6-22(5)20(27)24(21(28)23-22)10-19(26)29-11-14-8-18(25)30-17-7-13(4)15(12(2)3)9-16(14)17/h7-9,12H,6,10-11H2,1-5H3,(H,23,28)/t22-/m0/s1. The molecule has 2 heterocycles. The van der Waals surface area contributed by atoms with Gasteiger partial charge in [0.2, 0.25) is 0 Å². The van der Waals surface area contributed by atoms with E-state index in [2.05, 4.69) is 19.2 Å². The fourth-order valence-corrected chi connectivity index (χ4v) is 3.60. The highest BCUT2D eigenvalue weighted by Gasteiger charge is 2.47. The predicted octanol–water partition coefficient (Wildman–Crippen LogP) is 2.99. The summed E-state index contributed by atoms with van der Waals surface area (Å²) in [5.41, 5.74) is 1.47. The Hall–Kier alpha value is -3.16. The number of fused-ring (bicyclic) bond motifs is 1. The van der Waals surface area contributed by atoms with Crippen LogP contribution in [0.15, 0.2) is 27.4 Å². The van der Waals surface area contributed by atoms with Gasteiger partial charge in [0.05, 0.1) is 0 Å². The molecule has 0 bridgehead atoms. The first-order valence-corrected chi connectivity index (χ1v) is 9.92. The first-order chi connectivity index (χ1) is 14.1. The van der Waals surface area contributed by atoms with Gasteiger partial charge in [-0.05, 0) is 49.4 Å². The van der Waals surface area contributed by atoms with Crippen molar-refractivity contribution >= 4 is 28.9 Å². The molecule has 0 unspecified atom stereocenters. The summed E-state index contributed by atoms with van der Waals surface area (Å²) < 4.78 is 10.6. The molecule has 1 aromatic carbocycles. The maximum absolute atomic E-state index is 12.4. The number of carbonyl (C=O) groups excluding carboxylic acids is 3. The van der Waals surface area contributed by atoms with Gasteiger partial charge in [-0.1, -0.05) is 20.8 Å². The number of carbonyl (C=O) groups is 3. The summed E-state index contributed by atoms with van der Waals surface area (Å²) in [5.74, 6) is -0.935. The minimum Gasteiger partial charge on any atom is -0.459 e. The van der Waals surface area contributed by atoms with Gasteiger partial charge in [-0.3, -0.25) is 14.5 Å². The largest absolute Gasteiger partial charge is 0.459 e. The summed E-state index contributed by atoms with van der Waals surface area (Å²) in [6.07, 6.45) is 0.409. The average Bonchev–Trinajstić information content (AvgIpc) is 2.88. The fraction of sp³-hybridized carbons (Fsp3) is 0.455. The van der Waals surface area contributed by atoms with Crippen LogP contribution in [0.1, 0.15) is 56.7 Å². The van der Waals surface area contributed by atoms with Crippen LogP contribution in [0.3, 0.4) is 0 Å². The number of hydrogen-bond donors (Lipinski definition) is 1. The summed E-state index contributed by atoms with van der Waals surface area (Å²) in [5, 5.41) is 3.27. The van der Waals surface area contributed by atoms with E-state index in [9.17, 15) is 19.2 Å². The number of hydrogen-bond acceptors (Lipinski definition) is 6. The lowest BCUT2D eigenvalue weighted by molar-refractivity contribution is -0.148. The van der Waals surface area contributed by atoms with Gasteiger partial charge < -0.3 is 14.5 Å². The number of aryl methyl sites for hydroxylation is 1. The van der Waals surface area contributed by atoms with Crippen molar-refractivity contribution < 1.29 is 23.5 Å². The predicted molar refractivity (Wildman–Crippen MR) is 110 cm³/mol. The van der Waals surface area contributed by atoms with Gasteiger partial charge in [-0.25, -0.2) is 9.59 Å². The molecule has 0 spiro atoms. The molecule has 1 aliphatic heterocycles. The van der Waals surface area contributed by atoms with Crippen LogP contribution in [-0.2, 0) is 20.9 Å². The summed E-state index contributed by atoms with van der Waals surface area (Å²) in [4.78, 5) is 49.6. The zero-order chi connectivity index (χ0) is 22.2. The van der Waals surface area contributed by atoms with Gasteiger partial charge in [0.15, 0.2) is 0 Å². The molecule has 2 aromatic rings. The van der Waals surface area contributed by atoms with Crippen molar-refractivity contribution in [1.82, 2.24) is 10.2 Å². The van der Waals surface area contributed by atoms with Crippen LogP contribution in [0.5, 0.6) is 0 Å². The van der Waals surface area contributed by atoms with E-state index in [1.165, 1.54) is 6.07 Å². The van der Waals surface area contributed by atoms with Gasteiger partial charge in [0, 0.05) is 17.0 Å². The topological polar surface area (TPSA) is 106 Å². The zero-order valence-electron chi connectivity index (χ0n) is 17.8. The molecular formula is C22H26N2O6. The molecule has 1 aromatic heterocycles. The van der Waals surface area contributed by atoms with E-state index >= 15 is 0 Å². The highest BCUT2D eigenvalue weighted by atomic mass is 16.5. The normalized spacial score (nSPS) is 18.9. The highest BCUT2D eigenvalue weighted by molar-refractivity contribution is 6.08. The number of nitrogens with one attached hydrogen (secondary N) is 1. The first kappa shape index (κ1) is 21.5. The molecule has 0 aliphatic carbocycles. The summed E-state index contributed by atoms with van der Waals surface area (Å²) in [6, 6.07) is 4.41. The summed E-state index contributed by atoms with van der Waals surface area (Å²) in [7, 11) is 0. The lowest BCUT2D eigenvalue weighted by Gasteiger charge is -2.19. The Labute approximate surface area is 174 Å². The lowest BCUT2D eigenvalue weighted by Crippen LogP contribution is -2.43. The number of benzene rings is 1. The molecule has 8 heteroatoms. The van der Waals surface area contributed by atoms with Crippen molar-refractivity contribution in [2.24, 2.45) is 0 Å². The minimum atomic E-state index is -1.02. The lowest BCUT2D eigenvalue weighted by atomic mass is 9.95. The molecule has 1 fully saturated rings. The van der Waals surface area contributed by atoms with Crippen LogP contribution in [0.2, 0.25) is 0 Å². The van der Waals surface area contributed by atoms with Crippen molar-refractivity contribution in [3.8, 4) is 0 Å². The number of imide groups is 1. The molecule has 1 saturated heterocycles. The van der Waals surface area contributed by atoms with Gasteiger partial charge in [-0.15, -0.1) is 0 Å². The second-order valence-electron chi connectivity index (χ2n) is 8.12. The molecule has 1 N–H and O–H groups in total. The Morgan fingerprint density at radius 1 is 1.23 bits per heavy atom. The third-order valence-electron chi connectivity index (χ3n) is 5.57. The third-order valence-corrected chi connectivity index (χ3v) is 5.57. The quantitative estimate of drug-likeness (QED) is 0.442. The van der Waals surface area contributed by atoms with E-state index in [1.54, 1.807) is 19.9 Å². The van der Waals surface area contributed by atoms with E-state index in [0.717, 1.165) is 16.0 Å². The van der Waals surface area contributed by atoms with Crippen LogP contribution < -0.4 is 10.9 Å². The summed E-state index contributed by atoms with van der Waals surface area (Å²) >= 11 is 0. The first-order valence-electron chi connectivity index (χ1n) is 9.92. The molecule has 1 aliphatic rings. The average molecular weight is 414 g/mol. The number of amides is 3. The second kappa shape index (κ2) is 7.93. The van der Waals surface area contributed by atoms with Gasteiger partial charge in [0.1, 0.15) is 24.3 Å². The van der Waals surface area contributed by atoms with Gasteiger partial charge in [-0.2, -0.15) is 0 Å². The smallest absolute Gasteiger partial charge is 0.336 e. The molecule has 30 heavy (non-hydrogen) atoms. The van der Waals surface area contributed by atoms with Gasteiger partial charge >= 0.3 is 17.6 Å². The van der Waals surface area contributed by atoms with E-state index in [4.69, 9.17) is 9.15 Å². The van der Waals surface area contributed by atoms with E-state index < -0.39 is 35.6 Å². The van der Waals surface area contributed by atoms with Crippen molar-refractivity contribution in [3.05, 3.63) is 45.3 Å². The Morgan fingerprint density at radius 3 is 2.53 bits per heavy atom. The molecule has 3 rings (SSSR count). The fourth-order valence-electron chi connectivity index (χ4n) is 3.60. The van der Waals surface area contributed by atoms with Crippen LogP contribution in [0, 0.1) is 6.92 Å². The van der Waals surface area contributed by atoms with Gasteiger partial charge in [0.25, 0.3) is 5.91 Å². The number of ether oxygens (including phenoxy) is 1. The van der Waals surface area contributed by atoms with Crippen molar-refractivity contribution in [1.29, 1.82) is 0 Å². The molecule has 8 nitrogen and oxygen atoms in total. The van der Waals surface area contributed by atoms with Crippen LogP contribution in [-0.4, -0.2) is 34.9 Å². The second-order valence-corrected chi connectivity index (χ2v) is 8.12. The van der Waals surface area contributed by atoms with Crippen LogP contribution in [0.25, 0.3) is 11.0 Å². The number of urea groups is 1. The Morgan fingerprint density at radius 2 is 1.93 bits per heavy atom. The molecular weight excluding hydrogens is 388 g/mol. The number of rotatable bonds is 6. The van der Waals surface area contributed by atoms with Crippen LogP contribution >= 0.6 is 0 Å². The zero-order valence-corrected chi connectivity index (χ0v) is 17.8. The molecule has 1 atom stereocenters. The highest BCUT2D eigenvalue weighted by Crippen LogP contribution is 2.27. The SMILES string of the molecule is CC[C@]1(C)NC(=O)N(CC(=O)OCc2cc(=O)oc3cc(C)c(C(C)C)cc23)C1=O. The van der Waals surface area contributed by atoms with Crippen molar-refractivity contribution in [2.75, 3.05) is 6.54 Å². The molecule has 0 saturated carbocycles. The monoisotopic (exact) mass is 414 g/mol. The van der Waals surface area contributed by atoms with E-state index in [-0.39, 0.29) is 12.5 Å². The van der Waals surface area contributed by atoms with Crippen molar-refractivity contribution in [2.45, 2.75) is 59.1 Å². The van der Waals surface area contributed by atoms with E-state index in [0.29, 0.717) is 23.0 Å². The maximum Gasteiger partial charge on any atom is 0.336 e.